The zero-order chi connectivity index (χ0) is 23.6. The Morgan fingerprint density at radius 2 is 1.09 bits per heavy atom. The summed E-state index contributed by atoms with van der Waals surface area (Å²) in [6.45, 7) is 2.26. The number of Topliss-reactive ketones (excluding diaryl/α,β-unsaturated/α-hetero) is 1. The lowest BCUT2D eigenvalue weighted by atomic mass is 10.0. The molecule has 2 aromatic rings. The van der Waals surface area contributed by atoms with Crippen LogP contribution in [0.25, 0.3) is 0 Å². The maximum atomic E-state index is 12.8. The van der Waals surface area contributed by atoms with Crippen LogP contribution in [0.1, 0.15) is 117 Å². The van der Waals surface area contributed by atoms with Gasteiger partial charge in [-0.2, -0.15) is 0 Å². The zero-order valence-electron chi connectivity index (χ0n) is 20.4. The molecule has 1 N–H and O–H groups in total. The van der Waals surface area contributed by atoms with Gasteiger partial charge in [-0.25, -0.2) is 0 Å². The van der Waals surface area contributed by atoms with Crippen molar-refractivity contribution in [2.75, 3.05) is 0 Å². The first-order chi connectivity index (χ1) is 16.2. The fourth-order valence-electron chi connectivity index (χ4n) is 3.96. The third-order valence-electron chi connectivity index (χ3n) is 6.00. The third kappa shape index (κ3) is 11.1. The maximum absolute atomic E-state index is 12.8. The van der Waals surface area contributed by atoms with E-state index in [0.717, 1.165) is 12.8 Å². The summed E-state index contributed by atoms with van der Waals surface area (Å²) in [6.07, 6.45) is 17.6. The van der Waals surface area contributed by atoms with Crippen LogP contribution in [0.15, 0.2) is 66.9 Å². The van der Waals surface area contributed by atoms with Crippen molar-refractivity contribution in [2.45, 2.75) is 90.4 Å². The molecule has 33 heavy (non-hydrogen) atoms. The molecular weight excluding hydrogens is 406 g/mol. The van der Waals surface area contributed by atoms with Gasteiger partial charge in [0.1, 0.15) is 0 Å². The summed E-state index contributed by atoms with van der Waals surface area (Å²) >= 11 is 0. The van der Waals surface area contributed by atoms with Crippen molar-refractivity contribution >= 4 is 11.6 Å². The second-order valence-electron chi connectivity index (χ2n) is 8.83. The largest absolute Gasteiger partial charge is 0.358 e. The summed E-state index contributed by atoms with van der Waals surface area (Å²) in [6, 6.07) is 18.2. The first kappa shape index (κ1) is 26.6. The van der Waals surface area contributed by atoms with Crippen LogP contribution >= 0.6 is 0 Å². The van der Waals surface area contributed by atoms with Gasteiger partial charge < -0.3 is 4.98 Å². The molecule has 3 nitrogen and oxygen atoms in total. The molecule has 0 fully saturated rings. The predicted molar refractivity (Wildman–Crippen MR) is 138 cm³/mol. The van der Waals surface area contributed by atoms with Crippen molar-refractivity contribution in [1.82, 2.24) is 4.98 Å². The SMILES string of the molecule is CCCCCCCCCCCCCCC(=O)c1cccccc(C(=O)c2ccccc2)[nH]c1. The van der Waals surface area contributed by atoms with E-state index < -0.39 is 0 Å². The number of hydrogen-bond acceptors (Lipinski definition) is 2. The molecule has 0 aliphatic carbocycles. The smallest absolute Gasteiger partial charge is 0.209 e. The van der Waals surface area contributed by atoms with E-state index in [2.05, 4.69) is 11.9 Å². The van der Waals surface area contributed by atoms with Gasteiger partial charge in [0, 0.05) is 23.7 Å². The van der Waals surface area contributed by atoms with Crippen molar-refractivity contribution in [1.29, 1.82) is 0 Å². The summed E-state index contributed by atoms with van der Waals surface area (Å²) < 4.78 is 0. The lowest BCUT2D eigenvalue weighted by molar-refractivity contribution is 0.0976. The topological polar surface area (TPSA) is 49.9 Å². The van der Waals surface area contributed by atoms with Crippen LogP contribution in [0.2, 0.25) is 0 Å². The highest BCUT2D eigenvalue weighted by atomic mass is 16.1. The maximum Gasteiger partial charge on any atom is 0.209 e. The van der Waals surface area contributed by atoms with Crippen molar-refractivity contribution in [3.63, 3.8) is 0 Å². The monoisotopic (exact) mass is 447 g/mol. The molecule has 0 amide bonds. The minimum Gasteiger partial charge on any atom is -0.358 e. The van der Waals surface area contributed by atoms with Gasteiger partial charge >= 0.3 is 0 Å². The molecule has 2 rings (SSSR count). The molecule has 0 bridgehead atoms. The average molecular weight is 448 g/mol. The van der Waals surface area contributed by atoms with Crippen LogP contribution in [0.4, 0.5) is 0 Å². The van der Waals surface area contributed by atoms with Gasteiger partial charge in [0.2, 0.25) is 5.78 Å². The lowest BCUT2D eigenvalue weighted by Crippen LogP contribution is -2.03. The molecule has 3 heteroatoms. The van der Waals surface area contributed by atoms with E-state index >= 15 is 0 Å². The molecule has 0 radical (unpaired) electrons. The quantitative estimate of drug-likeness (QED) is 0.207. The van der Waals surface area contributed by atoms with E-state index in [1.165, 1.54) is 64.2 Å². The number of carbonyl (C=O) groups is 2. The Kier molecular flexibility index (Phi) is 13.6. The van der Waals surface area contributed by atoms with Crippen molar-refractivity contribution in [3.8, 4) is 0 Å². The Bertz CT molecular complexity index is 868. The number of ketones is 2. The van der Waals surface area contributed by atoms with Crippen LogP contribution in [0.3, 0.4) is 0 Å². The number of aromatic nitrogens is 1. The Hall–Kier alpha value is -2.68. The number of carbonyl (C=O) groups excluding carboxylic acids is 2. The Labute approximate surface area is 200 Å². The minimum atomic E-state index is -0.0915. The van der Waals surface area contributed by atoms with E-state index in [4.69, 9.17) is 0 Å². The van der Waals surface area contributed by atoms with E-state index in [1.54, 1.807) is 24.4 Å². The first-order valence-corrected chi connectivity index (χ1v) is 12.9. The van der Waals surface area contributed by atoms with Gasteiger partial charge in [0.05, 0.1) is 5.69 Å². The van der Waals surface area contributed by atoms with Crippen molar-refractivity contribution < 1.29 is 9.59 Å². The molecule has 0 saturated carbocycles. The molecular formula is C30H41NO2. The minimum absolute atomic E-state index is 0.0915. The second kappa shape index (κ2) is 16.9. The van der Waals surface area contributed by atoms with E-state index in [1.807, 2.05) is 42.5 Å². The van der Waals surface area contributed by atoms with Crippen LogP contribution < -0.4 is 0 Å². The summed E-state index contributed by atoms with van der Waals surface area (Å²) in [5, 5.41) is 0. The highest BCUT2D eigenvalue weighted by Gasteiger charge is 2.08. The Morgan fingerprint density at radius 3 is 1.67 bits per heavy atom. The second-order valence-corrected chi connectivity index (χ2v) is 8.83. The molecule has 0 aliphatic heterocycles. The van der Waals surface area contributed by atoms with Gasteiger partial charge in [-0.05, 0) is 18.6 Å². The van der Waals surface area contributed by atoms with Crippen molar-refractivity contribution in [3.05, 3.63) is 83.7 Å². The number of nitrogens with one attached hydrogen (secondary N) is 1. The molecule has 1 aromatic carbocycles. The lowest BCUT2D eigenvalue weighted by Gasteiger charge is -2.03. The van der Waals surface area contributed by atoms with Crippen LogP contribution in [-0.4, -0.2) is 16.6 Å². The fourth-order valence-corrected chi connectivity index (χ4v) is 3.96. The average Bonchev–Trinajstić information content (AvgIpc) is 2.97. The number of benzene rings is 1. The predicted octanol–water partition coefficient (Wildman–Crippen LogP) is 8.64. The Morgan fingerprint density at radius 1 is 0.606 bits per heavy atom. The summed E-state index contributed by atoms with van der Waals surface area (Å²) in [4.78, 5) is 28.5. The fraction of sp³-hybridized carbons (Fsp3) is 0.467. The normalized spacial score (nSPS) is 10.6. The number of aromatic amines is 1. The number of hydrogen-bond donors (Lipinski definition) is 1. The van der Waals surface area contributed by atoms with Gasteiger partial charge in [0.25, 0.3) is 0 Å². The van der Waals surface area contributed by atoms with Crippen LogP contribution in [0, 0.1) is 0 Å². The van der Waals surface area contributed by atoms with E-state index in [-0.39, 0.29) is 11.6 Å². The van der Waals surface area contributed by atoms with Gasteiger partial charge in [-0.1, -0.05) is 126 Å². The number of H-pyrrole nitrogens is 1. The molecule has 0 spiro atoms. The molecule has 0 aliphatic rings. The van der Waals surface area contributed by atoms with Crippen molar-refractivity contribution in [2.24, 2.45) is 0 Å². The zero-order valence-corrected chi connectivity index (χ0v) is 20.4. The van der Waals surface area contributed by atoms with Crippen LogP contribution in [-0.2, 0) is 0 Å². The number of unbranched alkanes of at least 4 members (excludes halogenated alkanes) is 11. The van der Waals surface area contributed by atoms with E-state index in [0.29, 0.717) is 23.2 Å². The molecule has 0 unspecified atom stereocenters. The first-order valence-electron chi connectivity index (χ1n) is 12.9. The van der Waals surface area contributed by atoms with Gasteiger partial charge in [-0.15, -0.1) is 0 Å². The standard InChI is InChI=1S/C30H41NO2/c1-2-3-4-5-6-7-8-9-10-11-12-19-24-29(32)27-22-17-14-18-23-28(31-25-27)30(33)26-20-15-13-16-21-26/h13-18,20-23,25,31H,2-12,19,24H2,1H3. The Balaban J connectivity index is 1.74. The molecule has 1 heterocycles. The van der Waals surface area contributed by atoms with E-state index in [9.17, 15) is 9.59 Å². The molecule has 1 aromatic heterocycles. The highest BCUT2D eigenvalue weighted by Crippen LogP contribution is 2.14. The highest BCUT2D eigenvalue weighted by molar-refractivity contribution is 6.07. The number of rotatable bonds is 16. The third-order valence-corrected chi connectivity index (χ3v) is 6.00. The van der Waals surface area contributed by atoms with Gasteiger partial charge in [0.15, 0.2) is 5.78 Å². The molecule has 0 atom stereocenters. The van der Waals surface area contributed by atoms with Crippen LogP contribution in [0.5, 0.6) is 0 Å². The van der Waals surface area contributed by atoms with Gasteiger partial charge in [-0.3, -0.25) is 9.59 Å². The molecule has 178 valence electrons. The summed E-state index contributed by atoms with van der Waals surface area (Å²) in [5.41, 5.74) is 1.68. The summed E-state index contributed by atoms with van der Waals surface area (Å²) in [7, 11) is 0. The molecule has 0 saturated heterocycles. The summed E-state index contributed by atoms with van der Waals surface area (Å²) in [5.74, 6) is 0.0267.